The highest BCUT2D eigenvalue weighted by molar-refractivity contribution is 7.92. The lowest BCUT2D eigenvalue weighted by Crippen LogP contribution is -2.29. The summed E-state index contributed by atoms with van der Waals surface area (Å²) in [6.45, 7) is 9.73. The lowest BCUT2D eigenvalue weighted by Gasteiger charge is -2.26. The van der Waals surface area contributed by atoms with E-state index in [2.05, 4.69) is 0 Å². The summed E-state index contributed by atoms with van der Waals surface area (Å²) in [5.41, 5.74) is 2.34. The topological polar surface area (TPSA) is 74.7 Å². The Kier molecular flexibility index (Phi) is 5.19. The molecule has 0 saturated heterocycles. The smallest absolute Gasteiger partial charge is 0.337 e. The zero-order valence-corrected chi connectivity index (χ0v) is 16.8. The molecule has 0 bridgehead atoms. The molecule has 0 unspecified atom stereocenters. The number of carboxylic acids is 1. The maximum absolute atomic E-state index is 13.3. The molecule has 0 aromatic heterocycles. The van der Waals surface area contributed by atoms with Crippen LogP contribution in [0, 0.1) is 13.8 Å². The van der Waals surface area contributed by atoms with Crippen LogP contribution in [0.1, 0.15) is 47.8 Å². The summed E-state index contributed by atoms with van der Waals surface area (Å²) in [6.07, 6.45) is 0. The van der Waals surface area contributed by atoms with Gasteiger partial charge >= 0.3 is 5.97 Å². The van der Waals surface area contributed by atoms with Gasteiger partial charge in [-0.05, 0) is 54.2 Å². The van der Waals surface area contributed by atoms with Gasteiger partial charge < -0.3 is 5.11 Å². The molecule has 0 aliphatic heterocycles. The van der Waals surface area contributed by atoms with Crippen LogP contribution < -0.4 is 4.31 Å². The van der Waals surface area contributed by atoms with E-state index < -0.39 is 16.0 Å². The third kappa shape index (κ3) is 3.60. The van der Waals surface area contributed by atoms with Crippen molar-refractivity contribution in [3.63, 3.8) is 0 Å². The molecule has 2 rings (SSSR count). The predicted molar refractivity (Wildman–Crippen MR) is 104 cm³/mol. The number of benzene rings is 2. The van der Waals surface area contributed by atoms with E-state index in [1.807, 2.05) is 33.8 Å². The van der Waals surface area contributed by atoms with Crippen molar-refractivity contribution in [2.45, 2.75) is 44.9 Å². The molecule has 26 heavy (non-hydrogen) atoms. The summed E-state index contributed by atoms with van der Waals surface area (Å²) < 4.78 is 27.6. The monoisotopic (exact) mass is 375 g/mol. The summed E-state index contributed by atoms with van der Waals surface area (Å²) in [5.74, 6) is -1.17. The number of para-hydroxylation sites is 1. The molecule has 140 valence electrons. The van der Waals surface area contributed by atoms with E-state index >= 15 is 0 Å². The van der Waals surface area contributed by atoms with Crippen molar-refractivity contribution in [3.8, 4) is 0 Å². The van der Waals surface area contributed by atoms with Crippen molar-refractivity contribution in [1.29, 1.82) is 0 Å². The average molecular weight is 375 g/mol. The number of anilines is 1. The molecule has 0 heterocycles. The third-order valence-corrected chi connectivity index (χ3v) is 6.50. The third-order valence-electron chi connectivity index (χ3n) is 4.60. The highest BCUT2D eigenvalue weighted by Gasteiger charge is 2.28. The molecule has 6 heteroatoms. The Morgan fingerprint density at radius 1 is 1.08 bits per heavy atom. The van der Waals surface area contributed by atoms with Gasteiger partial charge in [0.25, 0.3) is 10.0 Å². The zero-order valence-electron chi connectivity index (χ0n) is 16.0. The fraction of sp³-hybridized carbons (Fsp3) is 0.350. The van der Waals surface area contributed by atoms with Crippen LogP contribution in [0.2, 0.25) is 0 Å². The Morgan fingerprint density at radius 3 is 2.19 bits per heavy atom. The number of hydrogen-bond donors (Lipinski definition) is 1. The van der Waals surface area contributed by atoms with E-state index in [9.17, 15) is 18.3 Å². The van der Waals surface area contributed by atoms with Crippen LogP contribution >= 0.6 is 0 Å². The summed E-state index contributed by atoms with van der Waals surface area (Å²) in [7, 11) is -2.53. The normalized spacial score (nSPS) is 12.1. The van der Waals surface area contributed by atoms with E-state index in [4.69, 9.17) is 0 Å². The number of carboxylic acid groups (broad SMARTS) is 1. The molecule has 0 aliphatic carbocycles. The molecule has 0 radical (unpaired) electrons. The molecule has 0 fully saturated rings. The van der Waals surface area contributed by atoms with Gasteiger partial charge in [0, 0.05) is 7.05 Å². The fourth-order valence-electron chi connectivity index (χ4n) is 2.73. The van der Waals surface area contributed by atoms with Gasteiger partial charge in [-0.2, -0.15) is 0 Å². The van der Waals surface area contributed by atoms with E-state index in [-0.39, 0.29) is 21.6 Å². The first kappa shape index (κ1) is 20.0. The Labute approximate surface area is 155 Å². The molecule has 0 spiro atoms. The van der Waals surface area contributed by atoms with Gasteiger partial charge in [-0.25, -0.2) is 13.2 Å². The van der Waals surface area contributed by atoms with Gasteiger partial charge in [0.05, 0.1) is 16.1 Å². The first-order valence-corrected chi connectivity index (χ1v) is 9.74. The van der Waals surface area contributed by atoms with E-state index in [0.717, 1.165) is 15.4 Å². The molecule has 0 amide bonds. The number of nitrogens with zero attached hydrogens (tertiary/aromatic N) is 1. The Morgan fingerprint density at radius 2 is 1.65 bits per heavy atom. The van der Waals surface area contributed by atoms with Crippen LogP contribution in [0.4, 0.5) is 5.69 Å². The Balaban J connectivity index is 2.69. The first-order valence-electron chi connectivity index (χ1n) is 8.30. The van der Waals surface area contributed by atoms with Crippen LogP contribution in [-0.2, 0) is 15.4 Å². The lowest BCUT2D eigenvalue weighted by molar-refractivity contribution is 0.0698. The van der Waals surface area contributed by atoms with Crippen molar-refractivity contribution >= 4 is 21.7 Å². The highest BCUT2D eigenvalue weighted by Crippen LogP contribution is 2.32. The molecule has 0 saturated carbocycles. The van der Waals surface area contributed by atoms with Crippen molar-refractivity contribution in [1.82, 2.24) is 0 Å². The van der Waals surface area contributed by atoms with Crippen LogP contribution in [0.3, 0.4) is 0 Å². The number of aromatic carboxylic acids is 1. The highest BCUT2D eigenvalue weighted by atomic mass is 32.2. The van der Waals surface area contributed by atoms with Crippen molar-refractivity contribution in [2.24, 2.45) is 0 Å². The number of aryl methyl sites for hydroxylation is 1. The second kappa shape index (κ2) is 6.76. The molecular formula is C20H25NO4S. The summed E-state index contributed by atoms with van der Waals surface area (Å²) in [5, 5.41) is 9.38. The average Bonchev–Trinajstić information content (AvgIpc) is 2.55. The maximum Gasteiger partial charge on any atom is 0.337 e. The molecule has 0 atom stereocenters. The largest absolute Gasteiger partial charge is 0.478 e. The standard InChI is InChI=1S/C20H25NO4S/c1-13-11-15(20(3,4)5)12-18(14(13)2)26(24,25)21(6)17-10-8-7-9-16(17)19(22)23/h7-12H,1-6H3,(H,22,23). The zero-order chi connectivity index (χ0) is 19.9. The van der Waals surface area contributed by atoms with E-state index in [1.54, 1.807) is 25.1 Å². The first-order chi connectivity index (χ1) is 11.9. The Bertz CT molecular complexity index is 956. The molecular weight excluding hydrogens is 350 g/mol. The summed E-state index contributed by atoms with van der Waals surface area (Å²) in [4.78, 5) is 11.7. The molecule has 1 N–H and O–H groups in total. The molecule has 5 nitrogen and oxygen atoms in total. The van der Waals surface area contributed by atoms with Gasteiger partial charge in [-0.15, -0.1) is 0 Å². The van der Waals surface area contributed by atoms with Gasteiger partial charge in [-0.1, -0.05) is 39.0 Å². The van der Waals surface area contributed by atoms with Crippen molar-refractivity contribution < 1.29 is 18.3 Å². The van der Waals surface area contributed by atoms with Crippen LogP contribution in [-0.4, -0.2) is 26.5 Å². The minimum absolute atomic E-state index is 0.0556. The molecule has 2 aromatic rings. The van der Waals surface area contributed by atoms with Gasteiger partial charge in [0.15, 0.2) is 0 Å². The summed E-state index contributed by atoms with van der Waals surface area (Å²) in [6, 6.07) is 9.78. The Hall–Kier alpha value is -2.34. The van der Waals surface area contributed by atoms with Gasteiger partial charge in [0.1, 0.15) is 0 Å². The van der Waals surface area contributed by atoms with E-state index in [0.29, 0.717) is 5.56 Å². The molecule has 0 aliphatic rings. The predicted octanol–water partition coefficient (Wildman–Crippen LogP) is 4.12. The van der Waals surface area contributed by atoms with Crippen LogP contribution in [0.15, 0.2) is 41.3 Å². The second-order valence-electron chi connectivity index (χ2n) is 7.46. The van der Waals surface area contributed by atoms with Crippen molar-refractivity contribution in [3.05, 3.63) is 58.7 Å². The minimum atomic E-state index is -3.91. The van der Waals surface area contributed by atoms with E-state index in [1.165, 1.54) is 19.2 Å². The maximum atomic E-state index is 13.3. The second-order valence-corrected chi connectivity index (χ2v) is 9.40. The van der Waals surface area contributed by atoms with Crippen LogP contribution in [0.25, 0.3) is 0 Å². The van der Waals surface area contributed by atoms with Gasteiger partial charge in [-0.3, -0.25) is 4.31 Å². The SMILES string of the molecule is Cc1cc(C(C)(C)C)cc(S(=O)(=O)N(C)c2ccccc2C(=O)O)c1C. The summed E-state index contributed by atoms with van der Waals surface area (Å²) >= 11 is 0. The molecule has 2 aromatic carbocycles. The van der Waals surface area contributed by atoms with Crippen LogP contribution in [0.5, 0.6) is 0 Å². The number of sulfonamides is 1. The minimum Gasteiger partial charge on any atom is -0.478 e. The number of rotatable bonds is 4. The van der Waals surface area contributed by atoms with Crippen molar-refractivity contribution in [2.75, 3.05) is 11.4 Å². The number of hydrogen-bond acceptors (Lipinski definition) is 3. The fourth-order valence-corrected chi connectivity index (χ4v) is 4.27. The quantitative estimate of drug-likeness (QED) is 0.872. The number of carbonyl (C=O) groups is 1. The van der Waals surface area contributed by atoms with Gasteiger partial charge in [0.2, 0.25) is 0 Å². The lowest BCUT2D eigenvalue weighted by atomic mass is 9.85.